The van der Waals surface area contributed by atoms with Gasteiger partial charge in [-0.2, -0.15) is 11.3 Å². The Kier molecular flexibility index (Phi) is 2.97. The monoisotopic (exact) mass is 216 g/mol. The summed E-state index contributed by atoms with van der Waals surface area (Å²) < 4.78 is 0. The number of hydrogen-bond donors (Lipinski definition) is 0. The normalized spacial score (nSPS) is 10.2. The predicted octanol–water partition coefficient (Wildman–Crippen LogP) is 3.54. The Morgan fingerprint density at radius 3 is 2.73 bits per heavy atom. The van der Waals surface area contributed by atoms with Gasteiger partial charge < -0.3 is 0 Å². The summed E-state index contributed by atoms with van der Waals surface area (Å²) in [6.07, 6.45) is 0.895. The average molecular weight is 216 g/mol. The summed E-state index contributed by atoms with van der Waals surface area (Å²) in [4.78, 5) is 12.1. The predicted molar refractivity (Wildman–Crippen MR) is 63.6 cm³/mol. The van der Waals surface area contributed by atoms with E-state index in [0.29, 0.717) is 0 Å². The van der Waals surface area contributed by atoms with Crippen LogP contribution in [-0.4, -0.2) is 5.78 Å². The number of carbonyl (C=O) groups excluding carboxylic acids is 1. The van der Waals surface area contributed by atoms with Crippen LogP contribution >= 0.6 is 11.3 Å². The molecule has 2 aromatic rings. The van der Waals surface area contributed by atoms with Gasteiger partial charge in [-0.3, -0.25) is 4.79 Å². The molecule has 0 aliphatic rings. The van der Waals surface area contributed by atoms with Crippen molar-refractivity contribution in [2.24, 2.45) is 0 Å². The highest BCUT2D eigenvalue weighted by molar-refractivity contribution is 7.08. The third-order valence-electron chi connectivity index (χ3n) is 2.43. The number of benzene rings is 1. The minimum atomic E-state index is 0.133. The fourth-order valence-electron chi connectivity index (χ4n) is 1.60. The lowest BCUT2D eigenvalue weighted by molar-refractivity contribution is 0.103. The summed E-state index contributed by atoms with van der Waals surface area (Å²) in [5.74, 6) is 0.133. The van der Waals surface area contributed by atoms with E-state index in [9.17, 15) is 4.79 Å². The Hall–Kier alpha value is -1.41. The second-order valence-electron chi connectivity index (χ2n) is 3.35. The third-order valence-corrected chi connectivity index (χ3v) is 3.11. The molecule has 76 valence electrons. The number of aryl methyl sites for hydroxylation is 1. The molecule has 0 radical (unpaired) electrons. The first-order valence-corrected chi connectivity index (χ1v) is 5.92. The SMILES string of the molecule is CCc1ccccc1C(=O)c1ccsc1. The molecular weight excluding hydrogens is 204 g/mol. The van der Waals surface area contributed by atoms with Crippen molar-refractivity contribution in [3.8, 4) is 0 Å². The molecule has 0 saturated carbocycles. The Morgan fingerprint density at radius 1 is 1.27 bits per heavy atom. The molecule has 0 spiro atoms. The van der Waals surface area contributed by atoms with E-state index in [0.717, 1.165) is 23.1 Å². The van der Waals surface area contributed by atoms with Gasteiger partial charge in [-0.25, -0.2) is 0 Å². The van der Waals surface area contributed by atoms with Crippen molar-refractivity contribution in [3.63, 3.8) is 0 Å². The van der Waals surface area contributed by atoms with E-state index in [1.54, 1.807) is 11.3 Å². The van der Waals surface area contributed by atoms with Gasteiger partial charge in [0.1, 0.15) is 0 Å². The quantitative estimate of drug-likeness (QED) is 0.717. The molecule has 0 fully saturated rings. The Morgan fingerprint density at radius 2 is 2.07 bits per heavy atom. The van der Waals surface area contributed by atoms with Gasteiger partial charge in [-0.05, 0) is 23.4 Å². The van der Waals surface area contributed by atoms with E-state index >= 15 is 0 Å². The molecule has 2 rings (SSSR count). The van der Waals surface area contributed by atoms with Crippen LogP contribution in [-0.2, 0) is 6.42 Å². The molecule has 0 bridgehead atoms. The van der Waals surface area contributed by atoms with Crippen molar-refractivity contribution in [3.05, 3.63) is 57.8 Å². The lowest BCUT2D eigenvalue weighted by Crippen LogP contribution is -2.03. The highest BCUT2D eigenvalue weighted by Gasteiger charge is 2.11. The molecule has 1 heterocycles. The van der Waals surface area contributed by atoms with E-state index < -0.39 is 0 Å². The van der Waals surface area contributed by atoms with E-state index in [-0.39, 0.29) is 5.78 Å². The number of ketones is 1. The first-order chi connectivity index (χ1) is 7.33. The van der Waals surface area contributed by atoms with Gasteiger partial charge in [0.05, 0.1) is 0 Å². The second-order valence-corrected chi connectivity index (χ2v) is 4.13. The summed E-state index contributed by atoms with van der Waals surface area (Å²) in [5.41, 5.74) is 2.74. The zero-order valence-corrected chi connectivity index (χ0v) is 9.38. The van der Waals surface area contributed by atoms with Gasteiger partial charge in [0.15, 0.2) is 5.78 Å². The lowest BCUT2D eigenvalue weighted by Gasteiger charge is -2.04. The minimum Gasteiger partial charge on any atom is -0.289 e. The lowest BCUT2D eigenvalue weighted by atomic mass is 9.99. The van der Waals surface area contributed by atoms with Gasteiger partial charge >= 0.3 is 0 Å². The second kappa shape index (κ2) is 4.41. The van der Waals surface area contributed by atoms with Crippen molar-refractivity contribution >= 4 is 17.1 Å². The third kappa shape index (κ3) is 2.00. The van der Waals surface area contributed by atoms with Crippen LogP contribution in [0.5, 0.6) is 0 Å². The molecular formula is C13H12OS. The standard InChI is InChI=1S/C13H12OS/c1-2-10-5-3-4-6-12(10)13(14)11-7-8-15-9-11/h3-9H,2H2,1H3. The first kappa shape index (κ1) is 10.1. The van der Waals surface area contributed by atoms with Crippen LogP contribution in [0.25, 0.3) is 0 Å². The maximum atomic E-state index is 12.1. The van der Waals surface area contributed by atoms with Crippen LogP contribution < -0.4 is 0 Å². The summed E-state index contributed by atoms with van der Waals surface area (Å²) >= 11 is 1.56. The molecule has 0 atom stereocenters. The van der Waals surface area contributed by atoms with Crippen molar-refractivity contribution in [1.29, 1.82) is 0 Å². The van der Waals surface area contributed by atoms with Gasteiger partial charge in [-0.15, -0.1) is 0 Å². The van der Waals surface area contributed by atoms with Crippen molar-refractivity contribution in [1.82, 2.24) is 0 Å². The van der Waals surface area contributed by atoms with Crippen molar-refractivity contribution < 1.29 is 4.79 Å². The maximum absolute atomic E-state index is 12.1. The molecule has 0 aliphatic carbocycles. The molecule has 1 aromatic heterocycles. The van der Waals surface area contributed by atoms with Gasteiger partial charge in [0.2, 0.25) is 0 Å². The summed E-state index contributed by atoms with van der Waals surface area (Å²) in [5, 5.41) is 3.83. The zero-order valence-electron chi connectivity index (χ0n) is 8.57. The Balaban J connectivity index is 2.42. The molecule has 0 amide bonds. The highest BCUT2D eigenvalue weighted by Crippen LogP contribution is 2.16. The topological polar surface area (TPSA) is 17.1 Å². The summed E-state index contributed by atoms with van der Waals surface area (Å²) in [6.45, 7) is 2.07. The number of carbonyl (C=O) groups is 1. The largest absolute Gasteiger partial charge is 0.289 e. The average Bonchev–Trinajstić information content (AvgIpc) is 2.81. The smallest absolute Gasteiger partial charge is 0.194 e. The van der Waals surface area contributed by atoms with Crippen LogP contribution in [0.15, 0.2) is 41.1 Å². The molecule has 1 nitrogen and oxygen atoms in total. The van der Waals surface area contributed by atoms with E-state index in [1.165, 1.54) is 0 Å². The fraction of sp³-hybridized carbons (Fsp3) is 0.154. The van der Waals surface area contributed by atoms with Crippen LogP contribution in [0, 0.1) is 0 Å². The molecule has 0 aliphatic heterocycles. The molecule has 0 N–H and O–H groups in total. The van der Waals surface area contributed by atoms with E-state index in [2.05, 4.69) is 6.92 Å². The number of thiophene rings is 1. The zero-order chi connectivity index (χ0) is 10.7. The van der Waals surface area contributed by atoms with E-state index in [4.69, 9.17) is 0 Å². The minimum absolute atomic E-state index is 0.133. The summed E-state index contributed by atoms with van der Waals surface area (Å²) in [6, 6.07) is 9.68. The molecule has 0 unspecified atom stereocenters. The van der Waals surface area contributed by atoms with Gasteiger partial charge in [0.25, 0.3) is 0 Å². The van der Waals surface area contributed by atoms with Crippen LogP contribution in [0.1, 0.15) is 28.4 Å². The number of rotatable bonds is 3. The van der Waals surface area contributed by atoms with Gasteiger partial charge in [-0.1, -0.05) is 31.2 Å². The first-order valence-electron chi connectivity index (χ1n) is 4.97. The summed E-state index contributed by atoms with van der Waals surface area (Å²) in [7, 11) is 0. The fourth-order valence-corrected chi connectivity index (χ4v) is 2.24. The van der Waals surface area contributed by atoms with Crippen LogP contribution in [0.3, 0.4) is 0 Å². The highest BCUT2D eigenvalue weighted by atomic mass is 32.1. The van der Waals surface area contributed by atoms with Crippen molar-refractivity contribution in [2.75, 3.05) is 0 Å². The van der Waals surface area contributed by atoms with E-state index in [1.807, 2.05) is 41.1 Å². The maximum Gasteiger partial charge on any atom is 0.194 e. The van der Waals surface area contributed by atoms with Crippen LogP contribution in [0.4, 0.5) is 0 Å². The van der Waals surface area contributed by atoms with Crippen LogP contribution in [0.2, 0.25) is 0 Å². The van der Waals surface area contributed by atoms with Crippen molar-refractivity contribution in [2.45, 2.75) is 13.3 Å². The molecule has 15 heavy (non-hydrogen) atoms. The van der Waals surface area contributed by atoms with Gasteiger partial charge in [0, 0.05) is 16.5 Å². The number of hydrogen-bond acceptors (Lipinski definition) is 2. The molecule has 0 saturated heterocycles. The Labute approximate surface area is 93.4 Å². The Bertz CT molecular complexity index is 457. The molecule has 2 heteroatoms. The molecule has 1 aromatic carbocycles.